The van der Waals surface area contributed by atoms with Gasteiger partial charge in [0, 0.05) is 25.8 Å². The third-order valence-electron chi connectivity index (χ3n) is 3.46. The molecular weight excluding hydrogens is 244 g/mol. The number of imidazole rings is 1. The summed E-state index contributed by atoms with van der Waals surface area (Å²) >= 11 is 0. The Balaban J connectivity index is 1.76. The first-order chi connectivity index (χ1) is 9.28. The minimum Gasteiger partial charge on any atom is -0.378 e. The first-order valence-corrected chi connectivity index (χ1v) is 6.25. The number of nitrogens with zero attached hydrogens (tertiary/aromatic N) is 1. The molecule has 19 heavy (non-hydrogen) atoms. The standard InChI is InChI=1S/C13H16N4O2/c1-19-12-6-14-5-11(12)17-13(18)8-2-3-9-10(4-8)16-7-15-9/h2-4,7,11-12,14H,5-6H2,1H3,(H,15,16)(H,17,18)/t11?,12-/m0/s1. The summed E-state index contributed by atoms with van der Waals surface area (Å²) in [5, 5.41) is 6.19. The van der Waals surface area contributed by atoms with Gasteiger partial charge in [-0.25, -0.2) is 4.98 Å². The van der Waals surface area contributed by atoms with Crippen molar-refractivity contribution in [1.82, 2.24) is 20.6 Å². The lowest BCUT2D eigenvalue weighted by Crippen LogP contribution is -2.43. The summed E-state index contributed by atoms with van der Waals surface area (Å²) in [6, 6.07) is 5.43. The van der Waals surface area contributed by atoms with Crippen molar-refractivity contribution in [3.63, 3.8) is 0 Å². The van der Waals surface area contributed by atoms with E-state index in [9.17, 15) is 4.79 Å². The third-order valence-corrected chi connectivity index (χ3v) is 3.46. The Hall–Kier alpha value is -1.92. The molecule has 1 saturated heterocycles. The number of methoxy groups -OCH3 is 1. The molecule has 0 radical (unpaired) electrons. The van der Waals surface area contributed by atoms with Crippen molar-refractivity contribution in [2.24, 2.45) is 0 Å². The van der Waals surface area contributed by atoms with E-state index in [4.69, 9.17) is 4.74 Å². The average molecular weight is 260 g/mol. The molecule has 0 spiro atoms. The number of amides is 1. The lowest BCUT2D eigenvalue weighted by molar-refractivity contribution is 0.0780. The predicted octanol–water partition coefficient (Wildman–Crippen LogP) is 0.280. The highest BCUT2D eigenvalue weighted by Gasteiger charge is 2.28. The van der Waals surface area contributed by atoms with Gasteiger partial charge in [0.15, 0.2) is 0 Å². The van der Waals surface area contributed by atoms with Crippen LogP contribution in [0, 0.1) is 0 Å². The van der Waals surface area contributed by atoms with Crippen LogP contribution in [0.3, 0.4) is 0 Å². The van der Waals surface area contributed by atoms with Gasteiger partial charge in [-0.3, -0.25) is 4.79 Å². The molecule has 1 amide bonds. The molecule has 1 aromatic heterocycles. The first-order valence-electron chi connectivity index (χ1n) is 6.25. The third kappa shape index (κ3) is 2.32. The molecule has 2 atom stereocenters. The van der Waals surface area contributed by atoms with Crippen LogP contribution >= 0.6 is 0 Å². The molecule has 2 heterocycles. The second kappa shape index (κ2) is 4.99. The Morgan fingerprint density at radius 3 is 3.21 bits per heavy atom. The van der Waals surface area contributed by atoms with Crippen LogP contribution < -0.4 is 10.6 Å². The summed E-state index contributed by atoms with van der Waals surface area (Å²) in [5.41, 5.74) is 2.34. The van der Waals surface area contributed by atoms with Gasteiger partial charge in [-0.1, -0.05) is 0 Å². The number of nitrogens with one attached hydrogen (secondary N) is 3. The number of ether oxygens (including phenoxy) is 1. The molecule has 1 aliphatic rings. The van der Waals surface area contributed by atoms with Gasteiger partial charge in [0.2, 0.25) is 0 Å². The molecule has 6 heteroatoms. The van der Waals surface area contributed by atoms with E-state index in [1.165, 1.54) is 0 Å². The zero-order chi connectivity index (χ0) is 13.2. The van der Waals surface area contributed by atoms with Crippen molar-refractivity contribution in [3.8, 4) is 0 Å². The van der Waals surface area contributed by atoms with Gasteiger partial charge in [-0.2, -0.15) is 0 Å². The highest BCUT2D eigenvalue weighted by molar-refractivity contribution is 5.97. The molecule has 1 unspecified atom stereocenters. The maximum absolute atomic E-state index is 12.2. The van der Waals surface area contributed by atoms with Gasteiger partial charge < -0.3 is 20.4 Å². The summed E-state index contributed by atoms with van der Waals surface area (Å²) in [5.74, 6) is -0.0905. The van der Waals surface area contributed by atoms with E-state index >= 15 is 0 Å². The molecule has 100 valence electrons. The van der Waals surface area contributed by atoms with Gasteiger partial charge >= 0.3 is 0 Å². The summed E-state index contributed by atoms with van der Waals surface area (Å²) in [7, 11) is 1.66. The van der Waals surface area contributed by atoms with Crippen molar-refractivity contribution < 1.29 is 9.53 Å². The predicted molar refractivity (Wildman–Crippen MR) is 71.0 cm³/mol. The van der Waals surface area contributed by atoms with Crippen molar-refractivity contribution in [2.75, 3.05) is 20.2 Å². The van der Waals surface area contributed by atoms with E-state index in [0.29, 0.717) is 5.56 Å². The van der Waals surface area contributed by atoms with E-state index in [1.807, 2.05) is 12.1 Å². The van der Waals surface area contributed by atoms with Crippen LogP contribution in [-0.4, -0.2) is 48.2 Å². The number of aromatic amines is 1. The minimum absolute atomic E-state index is 0.00923. The summed E-state index contributed by atoms with van der Waals surface area (Å²) in [4.78, 5) is 19.3. The number of aromatic nitrogens is 2. The topological polar surface area (TPSA) is 79.0 Å². The van der Waals surface area contributed by atoms with Crippen molar-refractivity contribution in [3.05, 3.63) is 30.1 Å². The van der Waals surface area contributed by atoms with E-state index in [1.54, 1.807) is 19.5 Å². The zero-order valence-corrected chi connectivity index (χ0v) is 10.6. The fourth-order valence-electron chi connectivity index (χ4n) is 2.37. The molecule has 0 aliphatic carbocycles. The Bertz CT molecular complexity index is 595. The van der Waals surface area contributed by atoms with Crippen LogP contribution in [0.15, 0.2) is 24.5 Å². The molecule has 1 aromatic carbocycles. The molecule has 2 aromatic rings. The van der Waals surface area contributed by atoms with Crippen LogP contribution in [0.25, 0.3) is 11.0 Å². The van der Waals surface area contributed by atoms with Crippen molar-refractivity contribution >= 4 is 16.9 Å². The number of hydrogen-bond donors (Lipinski definition) is 3. The second-order valence-corrected chi connectivity index (χ2v) is 4.65. The zero-order valence-electron chi connectivity index (χ0n) is 10.6. The Morgan fingerprint density at radius 1 is 1.47 bits per heavy atom. The highest BCUT2D eigenvalue weighted by atomic mass is 16.5. The van der Waals surface area contributed by atoms with Crippen LogP contribution in [0.4, 0.5) is 0 Å². The van der Waals surface area contributed by atoms with Crippen LogP contribution in [-0.2, 0) is 4.74 Å². The van der Waals surface area contributed by atoms with Gasteiger partial charge in [-0.15, -0.1) is 0 Å². The molecular formula is C13H16N4O2. The molecule has 3 rings (SSSR count). The fraction of sp³-hybridized carbons (Fsp3) is 0.385. The number of benzene rings is 1. The first kappa shape index (κ1) is 12.1. The lowest BCUT2D eigenvalue weighted by atomic mass is 10.1. The van der Waals surface area contributed by atoms with E-state index < -0.39 is 0 Å². The monoisotopic (exact) mass is 260 g/mol. The summed E-state index contributed by atoms with van der Waals surface area (Å²) < 4.78 is 5.32. The quantitative estimate of drug-likeness (QED) is 0.740. The number of hydrogen-bond acceptors (Lipinski definition) is 4. The van der Waals surface area contributed by atoms with Crippen molar-refractivity contribution in [2.45, 2.75) is 12.1 Å². The maximum Gasteiger partial charge on any atom is 0.251 e. The molecule has 0 saturated carbocycles. The molecule has 3 N–H and O–H groups in total. The van der Waals surface area contributed by atoms with Gasteiger partial charge in [-0.05, 0) is 18.2 Å². The summed E-state index contributed by atoms with van der Waals surface area (Å²) in [6.45, 7) is 1.50. The van der Waals surface area contributed by atoms with E-state index in [0.717, 1.165) is 24.1 Å². The van der Waals surface area contributed by atoms with Crippen LogP contribution in [0.2, 0.25) is 0 Å². The Morgan fingerprint density at radius 2 is 2.37 bits per heavy atom. The SMILES string of the molecule is CO[C@H]1CNCC1NC(=O)c1ccc2nc[nH]c2c1. The maximum atomic E-state index is 12.2. The molecule has 1 fully saturated rings. The molecule has 1 aliphatic heterocycles. The average Bonchev–Trinajstić information content (AvgIpc) is 3.05. The molecule has 6 nitrogen and oxygen atoms in total. The van der Waals surface area contributed by atoms with Gasteiger partial charge in [0.1, 0.15) is 0 Å². The van der Waals surface area contributed by atoms with Crippen LogP contribution in [0.5, 0.6) is 0 Å². The van der Waals surface area contributed by atoms with Gasteiger partial charge in [0.05, 0.1) is 29.5 Å². The van der Waals surface area contributed by atoms with E-state index in [2.05, 4.69) is 20.6 Å². The number of fused-ring (bicyclic) bond motifs is 1. The van der Waals surface area contributed by atoms with Crippen LogP contribution in [0.1, 0.15) is 10.4 Å². The number of H-pyrrole nitrogens is 1. The Labute approximate surface area is 110 Å². The normalized spacial score (nSPS) is 22.8. The fourth-order valence-corrected chi connectivity index (χ4v) is 2.37. The highest BCUT2D eigenvalue weighted by Crippen LogP contribution is 2.12. The lowest BCUT2D eigenvalue weighted by Gasteiger charge is -2.18. The largest absolute Gasteiger partial charge is 0.378 e. The Kier molecular flexibility index (Phi) is 3.18. The number of carbonyl (C=O) groups excluding carboxylic acids is 1. The van der Waals surface area contributed by atoms with E-state index in [-0.39, 0.29) is 18.1 Å². The van der Waals surface area contributed by atoms with Crippen molar-refractivity contribution in [1.29, 1.82) is 0 Å². The number of carbonyl (C=O) groups is 1. The number of rotatable bonds is 3. The smallest absolute Gasteiger partial charge is 0.251 e. The second-order valence-electron chi connectivity index (χ2n) is 4.65. The summed E-state index contributed by atoms with van der Waals surface area (Å²) in [6.07, 6.45) is 1.65. The molecule has 0 bridgehead atoms. The minimum atomic E-state index is -0.0905. The van der Waals surface area contributed by atoms with Gasteiger partial charge in [0.25, 0.3) is 5.91 Å².